The van der Waals surface area contributed by atoms with Crippen LogP contribution in [0.25, 0.3) is 0 Å². The number of halogens is 2. The molecule has 2 rings (SSSR count). The third-order valence-electron chi connectivity index (χ3n) is 3.45. The van der Waals surface area contributed by atoms with E-state index in [0.717, 1.165) is 0 Å². The molecule has 132 valence electrons. The zero-order valence-electron chi connectivity index (χ0n) is 13.6. The van der Waals surface area contributed by atoms with Crippen LogP contribution in [0.2, 0.25) is 10.0 Å². The molecular weight excluding hydrogens is 367 g/mol. The molecule has 0 bridgehead atoms. The molecule has 25 heavy (non-hydrogen) atoms. The molecule has 0 spiro atoms. The molecule has 1 aromatic heterocycles. The number of carbonyl (C=O) groups is 3. The van der Waals surface area contributed by atoms with Gasteiger partial charge in [0.25, 0.3) is 5.91 Å². The number of ketones is 1. The number of H-pyrrole nitrogens is 1. The first-order valence-corrected chi connectivity index (χ1v) is 8.14. The lowest BCUT2D eigenvalue weighted by atomic mass is 10.1. The highest BCUT2D eigenvalue weighted by atomic mass is 35.5. The number of nitrogens with one attached hydrogen (secondary N) is 2. The Morgan fingerprint density at radius 2 is 1.96 bits per heavy atom. The van der Waals surface area contributed by atoms with Crippen molar-refractivity contribution in [2.75, 3.05) is 6.61 Å². The van der Waals surface area contributed by atoms with Gasteiger partial charge in [0.2, 0.25) is 0 Å². The van der Waals surface area contributed by atoms with Crippen molar-refractivity contribution in [3.8, 4) is 0 Å². The summed E-state index contributed by atoms with van der Waals surface area (Å²) in [4.78, 5) is 37.6. The Hall–Kier alpha value is -2.31. The molecule has 0 saturated heterocycles. The number of Topliss-reactive ketones (excluding diaryl/α,β-unsaturated/α-hetero) is 1. The first kappa shape index (κ1) is 19.0. The third kappa shape index (κ3) is 5.08. The van der Waals surface area contributed by atoms with E-state index < -0.39 is 18.5 Å². The van der Waals surface area contributed by atoms with Crippen LogP contribution in [-0.4, -0.2) is 29.3 Å². The van der Waals surface area contributed by atoms with Gasteiger partial charge in [0.15, 0.2) is 12.4 Å². The van der Waals surface area contributed by atoms with E-state index in [2.05, 4.69) is 10.3 Å². The highest BCUT2D eigenvalue weighted by Crippen LogP contribution is 2.25. The Kier molecular flexibility index (Phi) is 6.22. The molecule has 2 N–H and O–H groups in total. The number of aromatic amines is 1. The summed E-state index contributed by atoms with van der Waals surface area (Å²) in [5.74, 6) is -1.38. The second-order valence-corrected chi connectivity index (χ2v) is 6.23. The van der Waals surface area contributed by atoms with Gasteiger partial charge >= 0.3 is 5.97 Å². The van der Waals surface area contributed by atoms with Gasteiger partial charge in [-0.25, -0.2) is 4.79 Å². The lowest BCUT2D eigenvalue weighted by Gasteiger charge is -2.16. The predicted molar refractivity (Wildman–Crippen MR) is 94.1 cm³/mol. The summed E-state index contributed by atoms with van der Waals surface area (Å²) < 4.78 is 4.92. The minimum Gasteiger partial charge on any atom is -0.451 e. The topological polar surface area (TPSA) is 88.3 Å². The van der Waals surface area contributed by atoms with Crippen LogP contribution in [0.5, 0.6) is 0 Å². The molecule has 0 fully saturated rings. The van der Waals surface area contributed by atoms with Crippen molar-refractivity contribution in [3.05, 3.63) is 57.3 Å². The quantitative estimate of drug-likeness (QED) is 0.590. The molecule has 0 radical (unpaired) electrons. The summed E-state index contributed by atoms with van der Waals surface area (Å²) in [6, 6.07) is 5.95. The van der Waals surface area contributed by atoms with Crippen LogP contribution in [0, 0.1) is 0 Å². The molecular formula is C17H16Cl2N2O4. The Labute approximate surface area is 154 Å². The number of rotatable bonds is 6. The molecule has 6 nitrogen and oxygen atoms in total. The smallest absolute Gasteiger partial charge is 0.355 e. The fourth-order valence-corrected chi connectivity index (χ4v) is 2.71. The van der Waals surface area contributed by atoms with Crippen molar-refractivity contribution in [1.82, 2.24) is 10.3 Å². The lowest BCUT2D eigenvalue weighted by Crippen LogP contribution is -2.31. The van der Waals surface area contributed by atoms with Crippen molar-refractivity contribution in [2.24, 2.45) is 0 Å². The molecule has 1 atom stereocenters. The summed E-state index contributed by atoms with van der Waals surface area (Å²) in [7, 11) is 0. The Morgan fingerprint density at radius 3 is 2.56 bits per heavy atom. The first-order valence-electron chi connectivity index (χ1n) is 7.38. The number of benzene rings is 1. The first-order chi connectivity index (χ1) is 11.8. The van der Waals surface area contributed by atoms with Gasteiger partial charge in [-0.05, 0) is 37.6 Å². The van der Waals surface area contributed by atoms with Crippen LogP contribution >= 0.6 is 23.2 Å². The zero-order valence-corrected chi connectivity index (χ0v) is 15.1. The van der Waals surface area contributed by atoms with Crippen LogP contribution < -0.4 is 5.32 Å². The van der Waals surface area contributed by atoms with E-state index in [9.17, 15) is 14.4 Å². The maximum atomic E-state index is 11.9. The number of hydrogen-bond donors (Lipinski definition) is 2. The van der Waals surface area contributed by atoms with Crippen LogP contribution in [0.3, 0.4) is 0 Å². The summed E-state index contributed by atoms with van der Waals surface area (Å²) in [6.07, 6.45) is 1.41. The SMILES string of the molecule is CC(=O)c1c[nH]c(C(=O)OCC(=O)N[C@H](C)c2ccc(Cl)cc2Cl)c1. The largest absolute Gasteiger partial charge is 0.451 e. The van der Waals surface area contributed by atoms with Gasteiger partial charge in [0, 0.05) is 21.8 Å². The summed E-state index contributed by atoms with van der Waals surface area (Å²) in [5, 5.41) is 3.61. The predicted octanol–water partition coefficient (Wildman–Crippen LogP) is 3.56. The fraction of sp³-hybridized carbons (Fsp3) is 0.235. The molecule has 1 heterocycles. The molecule has 0 aliphatic heterocycles. The number of esters is 1. The number of hydrogen-bond acceptors (Lipinski definition) is 4. The van der Waals surface area contributed by atoms with E-state index in [-0.39, 0.29) is 17.5 Å². The fourth-order valence-electron chi connectivity index (χ4n) is 2.14. The molecule has 2 aromatic rings. The normalized spacial score (nSPS) is 11.7. The van der Waals surface area contributed by atoms with E-state index >= 15 is 0 Å². The van der Waals surface area contributed by atoms with Crippen LogP contribution in [0.4, 0.5) is 0 Å². The van der Waals surface area contributed by atoms with Crippen LogP contribution in [-0.2, 0) is 9.53 Å². The summed E-state index contributed by atoms with van der Waals surface area (Å²) in [6.45, 7) is 2.68. The van der Waals surface area contributed by atoms with Crippen molar-refractivity contribution in [1.29, 1.82) is 0 Å². The van der Waals surface area contributed by atoms with Gasteiger partial charge in [0.05, 0.1) is 6.04 Å². The average Bonchev–Trinajstić information content (AvgIpc) is 3.02. The Balaban J connectivity index is 1.89. The number of carbonyl (C=O) groups excluding carboxylic acids is 3. The van der Waals surface area contributed by atoms with E-state index in [1.54, 1.807) is 25.1 Å². The van der Waals surface area contributed by atoms with Crippen molar-refractivity contribution in [3.63, 3.8) is 0 Å². The van der Waals surface area contributed by atoms with Gasteiger partial charge in [-0.3, -0.25) is 9.59 Å². The average molecular weight is 383 g/mol. The lowest BCUT2D eigenvalue weighted by molar-refractivity contribution is -0.124. The molecule has 0 unspecified atom stereocenters. The van der Waals surface area contributed by atoms with E-state index in [0.29, 0.717) is 21.2 Å². The maximum absolute atomic E-state index is 11.9. The third-order valence-corrected chi connectivity index (χ3v) is 4.01. The van der Waals surface area contributed by atoms with Crippen molar-refractivity contribution < 1.29 is 19.1 Å². The molecule has 8 heteroatoms. The molecule has 1 amide bonds. The molecule has 0 aliphatic rings. The van der Waals surface area contributed by atoms with Gasteiger partial charge in [-0.2, -0.15) is 0 Å². The van der Waals surface area contributed by atoms with Crippen LogP contribution in [0.15, 0.2) is 30.5 Å². The van der Waals surface area contributed by atoms with Gasteiger partial charge < -0.3 is 15.0 Å². The number of ether oxygens (including phenoxy) is 1. The summed E-state index contributed by atoms with van der Waals surface area (Å²) >= 11 is 11.9. The standard InChI is InChI=1S/C17H16Cl2N2O4/c1-9(13-4-3-12(18)6-14(13)19)21-16(23)8-25-17(24)15-5-11(7-20-15)10(2)22/h3-7,9,20H,8H2,1-2H3,(H,21,23)/t9-/m1/s1. The Bertz CT molecular complexity index is 817. The minimum absolute atomic E-state index is 0.104. The number of amides is 1. The molecule has 0 aliphatic carbocycles. The van der Waals surface area contributed by atoms with Gasteiger partial charge in [-0.15, -0.1) is 0 Å². The number of aromatic nitrogens is 1. The van der Waals surface area contributed by atoms with E-state index in [1.165, 1.54) is 19.2 Å². The van der Waals surface area contributed by atoms with E-state index in [1.807, 2.05) is 0 Å². The minimum atomic E-state index is -0.722. The maximum Gasteiger partial charge on any atom is 0.355 e. The molecule has 0 saturated carbocycles. The monoisotopic (exact) mass is 382 g/mol. The van der Waals surface area contributed by atoms with Gasteiger partial charge in [0.1, 0.15) is 5.69 Å². The highest BCUT2D eigenvalue weighted by Gasteiger charge is 2.16. The summed E-state index contributed by atoms with van der Waals surface area (Å²) in [5.41, 5.74) is 1.16. The zero-order chi connectivity index (χ0) is 18.6. The highest BCUT2D eigenvalue weighted by molar-refractivity contribution is 6.35. The van der Waals surface area contributed by atoms with Crippen LogP contribution in [0.1, 0.15) is 46.3 Å². The van der Waals surface area contributed by atoms with E-state index in [4.69, 9.17) is 27.9 Å². The second-order valence-electron chi connectivity index (χ2n) is 5.39. The Morgan fingerprint density at radius 1 is 1.24 bits per heavy atom. The van der Waals surface area contributed by atoms with Gasteiger partial charge in [-0.1, -0.05) is 29.3 Å². The van der Waals surface area contributed by atoms with Crippen molar-refractivity contribution >= 4 is 40.9 Å². The second kappa shape index (κ2) is 8.18. The molecule has 1 aromatic carbocycles. The van der Waals surface area contributed by atoms with Crippen molar-refractivity contribution in [2.45, 2.75) is 19.9 Å².